The van der Waals surface area contributed by atoms with Crippen LogP contribution < -0.4 is 9.64 Å². The average Bonchev–Trinajstić information content (AvgIpc) is 3.40. The molecular formula is C26H24ClN3O3. The molecule has 7 heteroatoms. The summed E-state index contributed by atoms with van der Waals surface area (Å²) >= 11 is 6.16. The van der Waals surface area contributed by atoms with E-state index in [4.69, 9.17) is 21.3 Å². The van der Waals surface area contributed by atoms with Crippen LogP contribution in [0.5, 0.6) is 5.75 Å². The molecule has 1 aromatic heterocycles. The Morgan fingerprint density at radius 3 is 2.58 bits per heavy atom. The van der Waals surface area contributed by atoms with E-state index in [9.17, 15) is 9.90 Å². The number of fused-ring (bicyclic) bond motifs is 1. The second kappa shape index (κ2) is 9.25. The highest BCUT2D eigenvalue weighted by Crippen LogP contribution is 2.33. The number of amides is 1. The third kappa shape index (κ3) is 4.45. The van der Waals surface area contributed by atoms with Crippen molar-refractivity contribution in [2.45, 2.75) is 25.0 Å². The normalized spacial score (nSPS) is 17.0. The van der Waals surface area contributed by atoms with E-state index in [1.165, 1.54) is 0 Å². The van der Waals surface area contributed by atoms with Gasteiger partial charge in [-0.05, 0) is 36.4 Å². The lowest BCUT2D eigenvalue weighted by molar-refractivity contribution is -0.117. The Labute approximate surface area is 197 Å². The summed E-state index contributed by atoms with van der Waals surface area (Å²) in [4.78, 5) is 19.5. The number of aromatic nitrogens is 2. The highest BCUT2D eigenvalue weighted by Gasteiger charge is 2.35. The predicted octanol–water partition coefficient (Wildman–Crippen LogP) is 4.65. The molecule has 1 aliphatic heterocycles. The summed E-state index contributed by atoms with van der Waals surface area (Å²) < 4.78 is 7.75. The summed E-state index contributed by atoms with van der Waals surface area (Å²) in [5.74, 6) is 1.35. The molecule has 1 saturated heterocycles. The van der Waals surface area contributed by atoms with Gasteiger partial charge in [-0.2, -0.15) is 0 Å². The molecule has 2 heterocycles. The topological polar surface area (TPSA) is 67.6 Å². The first-order valence-corrected chi connectivity index (χ1v) is 11.3. The number of aliphatic hydroxyl groups is 1. The molecule has 0 bridgehead atoms. The number of anilines is 1. The molecule has 1 amide bonds. The minimum Gasteiger partial charge on any atom is -0.489 e. The zero-order chi connectivity index (χ0) is 22.8. The number of nitrogens with zero attached hydrogens (tertiary/aromatic N) is 3. The monoisotopic (exact) mass is 461 g/mol. The van der Waals surface area contributed by atoms with E-state index in [0.717, 1.165) is 22.5 Å². The van der Waals surface area contributed by atoms with Crippen LogP contribution in [-0.4, -0.2) is 39.8 Å². The van der Waals surface area contributed by atoms with Crippen molar-refractivity contribution < 1.29 is 14.6 Å². The van der Waals surface area contributed by atoms with Crippen LogP contribution in [0, 0.1) is 0 Å². The standard InChI is InChI=1S/C26H24ClN3O3/c27-21-10-4-7-13-24(21)33-17-20(31)16-30-23-12-6-5-11-22(23)28-26(30)18-14-25(32)29(15-18)19-8-2-1-3-9-19/h1-13,18,20,31H,14-17H2/t18-,20+/m0/s1. The van der Waals surface area contributed by atoms with Crippen molar-refractivity contribution in [2.24, 2.45) is 0 Å². The van der Waals surface area contributed by atoms with E-state index in [2.05, 4.69) is 0 Å². The number of rotatable bonds is 7. The first kappa shape index (κ1) is 21.5. The van der Waals surface area contributed by atoms with Crippen molar-refractivity contribution >= 4 is 34.2 Å². The van der Waals surface area contributed by atoms with Gasteiger partial charge < -0.3 is 19.3 Å². The fourth-order valence-corrected chi connectivity index (χ4v) is 4.54. The maximum absolute atomic E-state index is 12.8. The van der Waals surface area contributed by atoms with Gasteiger partial charge in [-0.25, -0.2) is 4.98 Å². The summed E-state index contributed by atoms with van der Waals surface area (Å²) in [7, 11) is 0. The quantitative estimate of drug-likeness (QED) is 0.435. The number of aliphatic hydroxyl groups excluding tert-OH is 1. The van der Waals surface area contributed by atoms with E-state index in [0.29, 0.717) is 30.3 Å². The van der Waals surface area contributed by atoms with Gasteiger partial charge in [-0.15, -0.1) is 0 Å². The number of hydrogen-bond acceptors (Lipinski definition) is 4. The maximum atomic E-state index is 12.8. The maximum Gasteiger partial charge on any atom is 0.227 e. The highest BCUT2D eigenvalue weighted by atomic mass is 35.5. The molecule has 1 fully saturated rings. The van der Waals surface area contributed by atoms with E-state index in [-0.39, 0.29) is 18.4 Å². The van der Waals surface area contributed by atoms with Gasteiger partial charge in [0, 0.05) is 24.6 Å². The third-order valence-corrected chi connectivity index (χ3v) is 6.22. The van der Waals surface area contributed by atoms with Crippen LogP contribution in [0.25, 0.3) is 11.0 Å². The molecule has 168 valence electrons. The van der Waals surface area contributed by atoms with Crippen LogP contribution in [0.2, 0.25) is 5.02 Å². The number of hydrogen-bond donors (Lipinski definition) is 1. The molecule has 0 radical (unpaired) electrons. The molecule has 33 heavy (non-hydrogen) atoms. The zero-order valence-electron chi connectivity index (χ0n) is 18.0. The van der Waals surface area contributed by atoms with Gasteiger partial charge in [-0.1, -0.05) is 54.1 Å². The number of para-hydroxylation sites is 4. The van der Waals surface area contributed by atoms with Gasteiger partial charge in [0.25, 0.3) is 0 Å². The molecule has 4 aromatic rings. The molecule has 5 rings (SSSR count). The van der Waals surface area contributed by atoms with Crippen LogP contribution in [-0.2, 0) is 11.3 Å². The van der Waals surface area contributed by atoms with Gasteiger partial charge in [0.05, 0.1) is 22.6 Å². The van der Waals surface area contributed by atoms with Crippen LogP contribution in [0.15, 0.2) is 78.9 Å². The van der Waals surface area contributed by atoms with Crippen LogP contribution in [0.4, 0.5) is 5.69 Å². The second-order valence-electron chi connectivity index (χ2n) is 8.21. The van der Waals surface area contributed by atoms with Gasteiger partial charge in [0.15, 0.2) is 0 Å². The Hall–Kier alpha value is -3.35. The van der Waals surface area contributed by atoms with Crippen LogP contribution >= 0.6 is 11.6 Å². The Morgan fingerprint density at radius 1 is 1.03 bits per heavy atom. The van der Waals surface area contributed by atoms with E-state index in [1.54, 1.807) is 12.1 Å². The Kier molecular flexibility index (Phi) is 6.03. The van der Waals surface area contributed by atoms with Crippen molar-refractivity contribution in [3.63, 3.8) is 0 Å². The molecule has 6 nitrogen and oxygen atoms in total. The van der Waals surface area contributed by atoms with Crippen molar-refractivity contribution in [1.82, 2.24) is 9.55 Å². The molecule has 0 saturated carbocycles. The summed E-state index contributed by atoms with van der Waals surface area (Å²) in [5, 5.41) is 11.3. The van der Waals surface area contributed by atoms with Crippen molar-refractivity contribution in [2.75, 3.05) is 18.1 Å². The van der Waals surface area contributed by atoms with Gasteiger partial charge >= 0.3 is 0 Å². The molecule has 2 atom stereocenters. The molecule has 0 spiro atoms. The Morgan fingerprint density at radius 2 is 1.76 bits per heavy atom. The number of carbonyl (C=O) groups excluding carboxylic acids is 1. The lowest BCUT2D eigenvalue weighted by Crippen LogP contribution is -2.26. The Balaban J connectivity index is 1.39. The van der Waals surface area contributed by atoms with Crippen molar-refractivity contribution in [3.8, 4) is 5.75 Å². The summed E-state index contributed by atoms with van der Waals surface area (Å²) in [6, 6.07) is 24.7. The molecule has 0 aliphatic carbocycles. The van der Waals surface area contributed by atoms with E-state index < -0.39 is 6.10 Å². The third-order valence-electron chi connectivity index (χ3n) is 5.90. The minimum absolute atomic E-state index is 0.0678. The summed E-state index contributed by atoms with van der Waals surface area (Å²) in [6.45, 7) is 0.949. The van der Waals surface area contributed by atoms with Gasteiger partial charge in [-0.3, -0.25) is 4.79 Å². The molecule has 1 aliphatic rings. The first-order valence-electron chi connectivity index (χ1n) is 11.0. The van der Waals surface area contributed by atoms with Crippen molar-refractivity contribution in [1.29, 1.82) is 0 Å². The lowest BCUT2D eigenvalue weighted by Gasteiger charge is -2.19. The lowest BCUT2D eigenvalue weighted by atomic mass is 10.1. The second-order valence-corrected chi connectivity index (χ2v) is 8.61. The van der Waals surface area contributed by atoms with E-state index in [1.807, 2.05) is 76.2 Å². The largest absolute Gasteiger partial charge is 0.489 e. The minimum atomic E-state index is -0.778. The fraction of sp³-hybridized carbons (Fsp3) is 0.231. The smallest absolute Gasteiger partial charge is 0.227 e. The number of imidazole rings is 1. The molecule has 0 unspecified atom stereocenters. The number of ether oxygens (including phenoxy) is 1. The van der Waals surface area contributed by atoms with E-state index >= 15 is 0 Å². The number of benzene rings is 3. The predicted molar refractivity (Wildman–Crippen MR) is 129 cm³/mol. The summed E-state index contributed by atoms with van der Waals surface area (Å²) in [5.41, 5.74) is 2.66. The number of carbonyl (C=O) groups is 1. The molecular weight excluding hydrogens is 438 g/mol. The zero-order valence-corrected chi connectivity index (χ0v) is 18.7. The van der Waals surface area contributed by atoms with Crippen LogP contribution in [0.3, 0.4) is 0 Å². The molecule has 3 aromatic carbocycles. The SMILES string of the molecule is O=C1C[C@H](c2nc3ccccc3n2C[C@@H](O)COc2ccccc2Cl)CN1c1ccccc1. The fourth-order valence-electron chi connectivity index (χ4n) is 4.35. The van der Waals surface area contributed by atoms with Gasteiger partial charge in [0.2, 0.25) is 5.91 Å². The number of halogens is 1. The highest BCUT2D eigenvalue weighted by molar-refractivity contribution is 6.32. The van der Waals surface area contributed by atoms with Crippen molar-refractivity contribution in [3.05, 3.63) is 89.7 Å². The Bertz CT molecular complexity index is 1270. The summed E-state index contributed by atoms with van der Waals surface area (Å²) in [6.07, 6.45) is -0.398. The van der Waals surface area contributed by atoms with Gasteiger partial charge in [0.1, 0.15) is 24.3 Å². The first-order chi connectivity index (χ1) is 16.1. The van der Waals surface area contributed by atoms with Crippen LogP contribution in [0.1, 0.15) is 18.2 Å². The average molecular weight is 462 g/mol. The molecule has 1 N–H and O–H groups in total.